The Morgan fingerprint density at radius 3 is 3.50 bits per heavy atom. The van der Waals surface area contributed by atoms with E-state index in [0.29, 0.717) is 0 Å². The third kappa shape index (κ3) is 0.801. The molecule has 0 fully saturated rings. The van der Waals surface area contributed by atoms with Crippen molar-refractivity contribution in [2.75, 3.05) is 12.0 Å². The van der Waals surface area contributed by atoms with Crippen LogP contribution in [-0.4, -0.2) is 11.2 Å². The molecule has 10 heavy (non-hydrogen) atoms. The monoisotopic (exact) mass is 136 g/mol. The molecule has 0 aromatic carbocycles. The number of nitrogens with one attached hydrogen (secondary N) is 1. The zero-order chi connectivity index (χ0) is 6.97. The van der Waals surface area contributed by atoms with Gasteiger partial charge in [0, 0.05) is 18.4 Å². The summed E-state index contributed by atoms with van der Waals surface area (Å²) in [7, 11) is 0. The first-order chi connectivity index (χ1) is 4.86. The number of nitrogens with zero attached hydrogens (tertiary/aromatic N) is 1. The van der Waals surface area contributed by atoms with E-state index >= 15 is 0 Å². The molecule has 2 rings (SSSR count). The van der Waals surface area contributed by atoms with E-state index in [4.69, 9.17) is 0 Å². The standard InChI is InChI=1S/C8H12N2/c1-7-5-8-3-2-4-10(8)9-6-7/h2-4,7,9H,5-6H2,1H3. The highest BCUT2D eigenvalue weighted by Gasteiger charge is 2.11. The van der Waals surface area contributed by atoms with Crippen molar-refractivity contribution in [1.82, 2.24) is 4.68 Å². The van der Waals surface area contributed by atoms with Crippen LogP contribution >= 0.6 is 0 Å². The van der Waals surface area contributed by atoms with E-state index in [9.17, 15) is 0 Å². The minimum absolute atomic E-state index is 0.780. The molecule has 1 aromatic rings. The highest BCUT2D eigenvalue weighted by Crippen LogP contribution is 2.12. The van der Waals surface area contributed by atoms with Crippen LogP contribution in [-0.2, 0) is 6.42 Å². The molecule has 0 bridgehead atoms. The van der Waals surface area contributed by atoms with E-state index < -0.39 is 0 Å². The lowest BCUT2D eigenvalue weighted by Gasteiger charge is -2.22. The SMILES string of the molecule is CC1CNn2cccc2C1. The molecule has 0 amide bonds. The summed E-state index contributed by atoms with van der Waals surface area (Å²) in [6.45, 7) is 3.37. The highest BCUT2D eigenvalue weighted by atomic mass is 15.4. The molecule has 0 aliphatic carbocycles. The Bertz CT molecular complexity index is 227. The van der Waals surface area contributed by atoms with Crippen LogP contribution < -0.4 is 5.43 Å². The summed E-state index contributed by atoms with van der Waals surface area (Å²) in [6.07, 6.45) is 3.28. The van der Waals surface area contributed by atoms with Crippen molar-refractivity contribution in [2.24, 2.45) is 5.92 Å². The minimum atomic E-state index is 0.780. The number of fused-ring (bicyclic) bond motifs is 1. The predicted molar refractivity (Wildman–Crippen MR) is 41.5 cm³/mol. The van der Waals surface area contributed by atoms with Gasteiger partial charge in [0.25, 0.3) is 0 Å². The van der Waals surface area contributed by atoms with E-state index in [-0.39, 0.29) is 0 Å². The first-order valence-corrected chi connectivity index (χ1v) is 3.76. The van der Waals surface area contributed by atoms with Crippen LogP contribution in [0.1, 0.15) is 12.6 Å². The largest absolute Gasteiger partial charge is 0.326 e. The maximum Gasteiger partial charge on any atom is 0.0397 e. The normalized spacial score (nSPS) is 23.5. The fourth-order valence-corrected chi connectivity index (χ4v) is 1.42. The quantitative estimate of drug-likeness (QED) is 0.567. The van der Waals surface area contributed by atoms with Gasteiger partial charge in [-0.25, -0.2) is 0 Å². The lowest BCUT2D eigenvalue weighted by molar-refractivity contribution is 0.518. The average Bonchev–Trinajstić information content (AvgIpc) is 2.33. The third-order valence-electron chi connectivity index (χ3n) is 2.00. The van der Waals surface area contributed by atoms with Crippen LogP contribution in [0.4, 0.5) is 0 Å². The lowest BCUT2D eigenvalue weighted by atomic mass is 10.1. The smallest absolute Gasteiger partial charge is 0.0397 e. The van der Waals surface area contributed by atoms with E-state index in [2.05, 4.69) is 35.4 Å². The molecule has 0 radical (unpaired) electrons. The summed E-state index contributed by atoms with van der Waals surface area (Å²) in [4.78, 5) is 0. The van der Waals surface area contributed by atoms with Crippen LogP contribution in [0.25, 0.3) is 0 Å². The molecule has 1 atom stereocenters. The van der Waals surface area contributed by atoms with E-state index in [1.54, 1.807) is 0 Å². The fraction of sp³-hybridized carbons (Fsp3) is 0.500. The molecule has 1 aromatic heterocycles. The summed E-state index contributed by atoms with van der Waals surface area (Å²) in [6, 6.07) is 4.25. The topological polar surface area (TPSA) is 17.0 Å². The predicted octanol–water partition coefficient (Wildman–Crippen LogP) is 1.22. The van der Waals surface area contributed by atoms with Gasteiger partial charge >= 0.3 is 0 Å². The van der Waals surface area contributed by atoms with Gasteiger partial charge in [-0.3, -0.25) is 4.68 Å². The zero-order valence-electron chi connectivity index (χ0n) is 6.17. The molecule has 0 saturated carbocycles. The molecule has 0 saturated heterocycles. The molecule has 2 heterocycles. The molecule has 2 nitrogen and oxygen atoms in total. The Hall–Kier alpha value is -0.920. The van der Waals surface area contributed by atoms with Gasteiger partial charge in [0.15, 0.2) is 0 Å². The highest BCUT2D eigenvalue weighted by molar-refractivity contribution is 5.12. The van der Waals surface area contributed by atoms with Gasteiger partial charge in [-0.2, -0.15) is 0 Å². The van der Waals surface area contributed by atoms with Gasteiger partial charge in [0.05, 0.1) is 0 Å². The number of hydrogen-bond donors (Lipinski definition) is 1. The van der Waals surface area contributed by atoms with Gasteiger partial charge < -0.3 is 5.43 Å². The molecule has 0 spiro atoms. The molecular formula is C8H12N2. The van der Waals surface area contributed by atoms with Crippen LogP contribution in [0.5, 0.6) is 0 Å². The third-order valence-corrected chi connectivity index (χ3v) is 2.00. The van der Waals surface area contributed by atoms with Gasteiger partial charge in [-0.1, -0.05) is 6.92 Å². The van der Waals surface area contributed by atoms with Gasteiger partial charge in [-0.15, -0.1) is 0 Å². The summed E-state index contributed by atoms with van der Waals surface area (Å²) >= 11 is 0. The second kappa shape index (κ2) is 2.04. The minimum Gasteiger partial charge on any atom is -0.326 e. The number of aromatic nitrogens is 1. The van der Waals surface area contributed by atoms with Crippen molar-refractivity contribution < 1.29 is 0 Å². The van der Waals surface area contributed by atoms with Crippen molar-refractivity contribution in [3.63, 3.8) is 0 Å². The number of hydrogen-bond acceptors (Lipinski definition) is 1. The average molecular weight is 136 g/mol. The van der Waals surface area contributed by atoms with Gasteiger partial charge in [0.1, 0.15) is 0 Å². The van der Waals surface area contributed by atoms with E-state index in [0.717, 1.165) is 12.5 Å². The summed E-state index contributed by atoms with van der Waals surface area (Å²) in [5, 5.41) is 0. The van der Waals surface area contributed by atoms with E-state index in [1.165, 1.54) is 12.1 Å². The molecule has 2 heteroatoms. The van der Waals surface area contributed by atoms with Crippen LogP contribution in [0.3, 0.4) is 0 Å². The Balaban J connectivity index is 2.30. The molecule has 1 unspecified atom stereocenters. The Morgan fingerprint density at radius 2 is 2.60 bits per heavy atom. The van der Waals surface area contributed by atoms with Crippen LogP contribution in [0, 0.1) is 5.92 Å². The van der Waals surface area contributed by atoms with Crippen LogP contribution in [0.15, 0.2) is 18.3 Å². The second-order valence-corrected chi connectivity index (χ2v) is 3.04. The first-order valence-electron chi connectivity index (χ1n) is 3.76. The maximum atomic E-state index is 3.31. The van der Waals surface area contributed by atoms with Gasteiger partial charge in [-0.05, 0) is 24.5 Å². The van der Waals surface area contributed by atoms with Crippen molar-refractivity contribution in [3.05, 3.63) is 24.0 Å². The molecule has 1 aliphatic heterocycles. The summed E-state index contributed by atoms with van der Waals surface area (Å²) < 4.78 is 2.11. The molecule has 1 aliphatic rings. The lowest BCUT2D eigenvalue weighted by Crippen LogP contribution is -2.29. The van der Waals surface area contributed by atoms with E-state index in [1.807, 2.05) is 0 Å². The molecule has 1 N–H and O–H groups in total. The maximum absolute atomic E-state index is 3.31. The Kier molecular flexibility index (Phi) is 1.19. The zero-order valence-corrected chi connectivity index (χ0v) is 6.17. The fourth-order valence-electron chi connectivity index (χ4n) is 1.42. The molecule has 54 valence electrons. The van der Waals surface area contributed by atoms with Crippen molar-refractivity contribution in [3.8, 4) is 0 Å². The number of rotatable bonds is 0. The van der Waals surface area contributed by atoms with Gasteiger partial charge in [0.2, 0.25) is 0 Å². The van der Waals surface area contributed by atoms with Crippen LogP contribution in [0.2, 0.25) is 0 Å². The van der Waals surface area contributed by atoms with Crippen molar-refractivity contribution in [1.29, 1.82) is 0 Å². The van der Waals surface area contributed by atoms with Crippen molar-refractivity contribution >= 4 is 0 Å². The summed E-state index contributed by atoms with van der Waals surface area (Å²) in [5.74, 6) is 0.780. The Labute approximate surface area is 60.8 Å². The Morgan fingerprint density at radius 1 is 1.70 bits per heavy atom. The second-order valence-electron chi connectivity index (χ2n) is 3.04. The first kappa shape index (κ1) is 5.83. The summed E-state index contributed by atoms with van der Waals surface area (Å²) in [5.41, 5.74) is 4.71. The van der Waals surface area contributed by atoms with Crippen molar-refractivity contribution in [2.45, 2.75) is 13.3 Å². The molecular weight excluding hydrogens is 124 g/mol.